The van der Waals surface area contributed by atoms with Gasteiger partial charge in [-0.3, -0.25) is 19.4 Å². The van der Waals surface area contributed by atoms with Crippen LogP contribution >= 0.6 is 11.3 Å². The molecule has 1 aromatic carbocycles. The first-order valence-electron chi connectivity index (χ1n) is 6.93. The summed E-state index contributed by atoms with van der Waals surface area (Å²) in [6, 6.07) is 9.72. The number of nitrogens with zero attached hydrogens (tertiary/aromatic N) is 1. The third-order valence-electron chi connectivity index (χ3n) is 3.50. The molecule has 0 saturated carbocycles. The lowest BCUT2D eigenvalue weighted by atomic mass is 10.1. The number of carbonyl (C=O) groups is 1. The van der Waals surface area contributed by atoms with E-state index in [1.165, 1.54) is 16.0 Å². The number of rotatable bonds is 4. The van der Waals surface area contributed by atoms with Crippen LogP contribution in [0.5, 0.6) is 0 Å². The zero-order chi connectivity index (χ0) is 15.0. The van der Waals surface area contributed by atoms with E-state index in [-0.39, 0.29) is 16.9 Å². The highest BCUT2D eigenvalue weighted by Crippen LogP contribution is 2.27. The molecule has 2 aromatic heterocycles. The fourth-order valence-corrected chi connectivity index (χ4v) is 3.50. The fourth-order valence-electron chi connectivity index (χ4n) is 2.49. The lowest BCUT2D eigenvalue weighted by Crippen LogP contribution is -2.19. The third-order valence-corrected chi connectivity index (χ3v) is 4.61. The Labute approximate surface area is 126 Å². The summed E-state index contributed by atoms with van der Waals surface area (Å²) in [5.41, 5.74) is 0.763. The number of aromatic nitrogens is 2. The Morgan fingerprint density at radius 3 is 2.81 bits per heavy atom. The first-order chi connectivity index (χ1) is 10.1. The van der Waals surface area contributed by atoms with Crippen LogP contribution in [0.25, 0.3) is 10.1 Å². The predicted molar refractivity (Wildman–Crippen MR) is 85.3 cm³/mol. The standard InChI is InChI=1S/C16H16N2O2S/c1-3-6-11-14(16(20)18(2)17-11)15(19)13-9-10-7-4-5-8-12(10)21-13/h4-5,7-9,17H,3,6H2,1-2H3. The average molecular weight is 300 g/mol. The molecule has 0 aliphatic heterocycles. The van der Waals surface area contributed by atoms with Gasteiger partial charge >= 0.3 is 0 Å². The summed E-state index contributed by atoms with van der Waals surface area (Å²) in [5, 5.41) is 4.02. The molecule has 108 valence electrons. The van der Waals surface area contributed by atoms with Crippen LogP contribution < -0.4 is 5.56 Å². The van der Waals surface area contributed by atoms with Gasteiger partial charge in [-0.05, 0) is 23.9 Å². The van der Waals surface area contributed by atoms with Crippen LogP contribution in [0.15, 0.2) is 35.1 Å². The van der Waals surface area contributed by atoms with Crippen molar-refractivity contribution in [1.82, 2.24) is 9.78 Å². The number of H-pyrrole nitrogens is 1. The maximum absolute atomic E-state index is 12.7. The summed E-state index contributed by atoms with van der Waals surface area (Å²) >= 11 is 1.43. The van der Waals surface area contributed by atoms with Crippen molar-refractivity contribution in [2.75, 3.05) is 0 Å². The van der Waals surface area contributed by atoms with Crippen molar-refractivity contribution < 1.29 is 4.79 Å². The quantitative estimate of drug-likeness (QED) is 0.753. The van der Waals surface area contributed by atoms with Gasteiger partial charge in [0.2, 0.25) is 5.78 Å². The van der Waals surface area contributed by atoms with Crippen LogP contribution in [0.1, 0.15) is 34.3 Å². The van der Waals surface area contributed by atoms with Crippen molar-refractivity contribution >= 4 is 27.2 Å². The predicted octanol–water partition coefficient (Wildman–Crippen LogP) is 3.11. The van der Waals surface area contributed by atoms with E-state index in [1.54, 1.807) is 7.05 Å². The molecule has 3 rings (SSSR count). The van der Waals surface area contributed by atoms with Crippen molar-refractivity contribution in [3.8, 4) is 0 Å². The molecular weight excluding hydrogens is 284 g/mol. The Bertz CT molecular complexity index is 837. The molecule has 21 heavy (non-hydrogen) atoms. The normalized spacial score (nSPS) is 11.1. The van der Waals surface area contributed by atoms with E-state index in [4.69, 9.17) is 0 Å². The number of aromatic amines is 1. The molecule has 0 unspecified atom stereocenters. The molecule has 0 aliphatic carbocycles. The monoisotopic (exact) mass is 300 g/mol. The first-order valence-corrected chi connectivity index (χ1v) is 7.74. The topological polar surface area (TPSA) is 54.9 Å². The van der Waals surface area contributed by atoms with Gasteiger partial charge in [0.1, 0.15) is 5.56 Å². The molecule has 2 heterocycles. The average Bonchev–Trinajstić information content (AvgIpc) is 3.01. The van der Waals surface area contributed by atoms with Gasteiger partial charge in [-0.25, -0.2) is 0 Å². The number of hydrogen-bond acceptors (Lipinski definition) is 3. The van der Waals surface area contributed by atoms with Crippen molar-refractivity contribution in [2.45, 2.75) is 19.8 Å². The maximum atomic E-state index is 12.7. The molecule has 0 saturated heterocycles. The van der Waals surface area contributed by atoms with Crippen molar-refractivity contribution in [1.29, 1.82) is 0 Å². The van der Waals surface area contributed by atoms with E-state index in [0.29, 0.717) is 11.3 Å². The highest BCUT2D eigenvalue weighted by atomic mass is 32.1. The molecule has 4 nitrogen and oxygen atoms in total. The van der Waals surface area contributed by atoms with Gasteiger partial charge in [0.05, 0.1) is 4.88 Å². The van der Waals surface area contributed by atoms with Gasteiger partial charge in [-0.15, -0.1) is 11.3 Å². The number of carbonyl (C=O) groups excluding carboxylic acids is 1. The number of ketones is 1. The number of thiophene rings is 1. The molecule has 3 aromatic rings. The lowest BCUT2D eigenvalue weighted by Gasteiger charge is -1.97. The Morgan fingerprint density at radius 2 is 2.10 bits per heavy atom. The minimum absolute atomic E-state index is 0.179. The van der Waals surface area contributed by atoms with E-state index in [2.05, 4.69) is 5.10 Å². The largest absolute Gasteiger partial charge is 0.299 e. The summed E-state index contributed by atoms with van der Waals surface area (Å²) in [4.78, 5) is 25.5. The zero-order valence-corrected chi connectivity index (χ0v) is 12.8. The second kappa shape index (κ2) is 5.33. The van der Waals surface area contributed by atoms with Crippen LogP contribution in [0.3, 0.4) is 0 Å². The number of hydrogen-bond donors (Lipinski definition) is 1. The van der Waals surface area contributed by atoms with Gasteiger partial charge in [0.15, 0.2) is 0 Å². The molecule has 0 aliphatic rings. The molecule has 0 bridgehead atoms. The molecule has 0 amide bonds. The SMILES string of the molecule is CCCc1[nH]n(C)c(=O)c1C(=O)c1cc2ccccc2s1. The highest BCUT2D eigenvalue weighted by Gasteiger charge is 2.22. The Kier molecular flexibility index (Phi) is 3.51. The third kappa shape index (κ3) is 2.34. The van der Waals surface area contributed by atoms with Gasteiger partial charge in [0.25, 0.3) is 5.56 Å². The minimum atomic E-state index is -0.249. The van der Waals surface area contributed by atoms with Crippen LogP contribution in [-0.4, -0.2) is 15.6 Å². The number of nitrogens with one attached hydrogen (secondary N) is 1. The molecule has 5 heteroatoms. The number of benzene rings is 1. The minimum Gasteiger partial charge on any atom is -0.299 e. The van der Waals surface area contributed by atoms with E-state index >= 15 is 0 Å². The van der Waals surface area contributed by atoms with Crippen molar-refractivity contribution in [3.05, 3.63) is 56.8 Å². The Balaban J connectivity index is 2.11. The van der Waals surface area contributed by atoms with Crippen molar-refractivity contribution in [2.24, 2.45) is 7.05 Å². The van der Waals surface area contributed by atoms with E-state index < -0.39 is 0 Å². The van der Waals surface area contributed by atoms with Gasteiger partial charge in [-0.1, -0.05) is 31.5 Å². The summed E-state index contributed by atoms with van der Waals surface area (Å²) < 4.78 is 2.44. The highest BCUT2D eigenvalue weighted by molar-refractivity contribution is 7.21. The van der Waals surface area contributed by atoms with Crippen LogP contribution in [-0.2, 0) is 13.5 Å². The van der Waals surface area contributed by atoms with Crippen LogP contribution in [0.2, 0.25) is 0 Å². The number of fused-ring (bicyclic) bond motifs is 1. The number of aryl methyl sites for hydroxylation is 2. The molecule has 1 N–H and O–H groups in total. The van der Waals surface area contributed by atoms with Gasteiger partial charge < -0.3 is 0 Å². The Morgan fingerprint density at radius 1 is 1.33 bits per heavy atom. The second-order valence-electron chi connectivity index (χ2n) is 5.06. The zero-order valence-electron chi connectivity index (χ0n) is 12.0. The molecule has 0 atom stereocenters. The van der Waals surface area contributed by atoms with Gasteiger partial charge in [0, 0.05) is 17.4 Å². The van der Waals surface area contributed by atoms with Gasteiger partial charge in [-0.2, -0.15) is 0 Å². The van der Waals surface area contributed by atoms with E-state index in [9.17, 15) is 9.59 Å². The lowest BCUT2D eigenvalue weighted by molar-refractivity contribution is 0.104. The smallest absolute Gasteiger partial charge is 0.277 e. The van der Waals surface area contributed by atoms with Crippen LogP contribution in [0.4, 0.5) is 0 Å². The summed E-state index contributed by atoms with van der Waals surface area (Å²) in [6.07, 6.45) is 1.58. The summed E-state index contributed by atoms with van der Waals surface area (Å²) in [6.45, 7) is 2.03. The van der Waals surface area contributed by atoms with Crippen molar-refractivity contribution in [3.63, 3.8) is 0 Å². The summed E-state index contributed by atoms with van der Waals surface area (Å²) in [5.74, 6) is -0.179. The Hall–Kier alpha value is -2.14. The fraction of sp³-hybridized carbons (Fsp3) is 0.250. The van der Waals surface area contributed by atoms with E-state index in [0.717, 1.165) is 22.2 Å². The van der Waals surface area contributed by atoms with Crippen LogP contribution in [0, 0.1) is 0 Å². The molecular formula is C16H16N2O2S. The molecule has 0 radical (unpaired) electrons. The molecule has 0 spiro atoms. The second-order valence-corrected chi connectivity index (χ2v) is 6.14. The van der Waals surface area contributed by atoms with E-state index in [1.807, 2.05) is 37.3 Å². The maximum Gasteiger partial charge on any atom is 0.277 e. The molecule has 0 fully saturated rings. The summed E-state index contributed by atoms with van der Waals surface area (Å²) in [7, 11) is 1.64. The first kappa shape index (κ1) is 13.8.